The van der Waals surface area contributed by atoms with E-state index in [1.807, 2.05) is 0 Å². The summed E-state index contributed by atoms with van der Waals surface area (Å²) in [4.78, 5) is 39.9. The molecule has 1 unspecified atom stereocenters. The van der Waals surface area contributed by atoms with E-state index in [4.69, 9.17) is 9.47 Å². The Bertz CT molecular complexity index is 1010. The second kappa shape index (κ2) is 9.43. The first kappa shape index (κ1) is 22.7. The summed E-state index contributed by atoms with van der Waals surface area (Å²) in [5.74, 6) is -1.80. The van der Waals surface area contributed by atoms with Crippen molar-refractivity contribution >= 4 is 17.7 Å². The number of hydrogen-bond donors (Lipinski definition) is 0. The van der Waals surface area contributed by atoms with Gasteiger partial charge in [0.1, 0.15) is 11.5 Å². The van der Waals surface area contributed by atoms with Crippen LogP contribution in [0.2, 0.25) is 0 Å². The van der Waals surface area contributed by atoms with Crippen LogP contribution in [-0.2, 0) is 16.5 Å². The predicted molar refractivity (Wildman–Crippen MR) is 112 cm³/mol. The van der Waals surface area contributed by atoms with Gasteiger partial charge in [0.2, 0.25) is 0 Å². The minimum atomic E-state index is -0.533. The molecule has 1 aliphatic rings. The molecule has 1 saturated heterocycles. The summed E-state index contributed by atoms with van der Waals surface area (Å²) in [5, 5.41) is 0. The van der Waals surface area contributed by atoms with Gasteiger partial charge in [0.05, 0.1) is 19.8 Å². The van der Waals surface area contributed by atoms with Crippen molar-refractivity contribution in [3.05, 3.63) is 58.2 Å². The summed E-state index contributed by atoms with van der Waals surface area (Å²) in [6, 6.07) is 5.40. The topological polar surface area (TPSA) is 77.8 Å². The highest BCUT2D eigenvalue weighted by atomic mass is 19.1. The average molecular weight is 430 g/mol. The lowest BCUT2D eigenvalue weighted by Gasteiger charge is -2.25. The lowest BCUT2D eigenvalue weighted by molar-refractivity contribution is 0.0506. The summed E-state index contributed by atoms with van der Waals surface area (Å²) in [5.41, 5.74) is 1.96. The number of esters is 1. The van der Waals surface area contributed by atoms with Crippen LogP contribution in [0.25, 0.3) is 0 Å². The average Bonchev–Trinajstić information content (AvgIpc) is 3.32. The standard InChI is InChI=1S/C23H27FN2O5/c1-14-20(15(2)25(3)21(14)23(29)30-4)19(27)13-26(12-18-9-6-10-31-18)22(28)16-7-5-8-17(24)11-16/h5,7-8,11,18H,6,9-10,12-13H2,1-4H3. The highest BCUT2D eigenvalue weighted by molar-refractivity contribution is 6.06. The second-order valence-electron chi connectivity index (χ2n) is 7.74. The molecule has 1 fully saturated rings. The van der Waals surface area contributed by atoms with Gasteiger partial charge in [0.15, 0.2) is 5.78 Å². The van der Waals surface area contributed by atoms with Gasteiger partial charge in [-0.3, -0.25) is 9.59 Å². The third-order valence-electron chi connectivity index (χ3n) is 5.73. The number of rotatable bonds is 7. The lowest BCUT2D eigenvalue weighted by Crippen LogP contribution is -2.41. The monoisotopic (exact) mass is 430 g/mol. The van der Waals surface area contributed by atoms with Crippen LogP contribution in [-0.4, -0.2) is 60.0 Å². The summed E-state index contributed by atoms with van der Waals surface area (Å²) >= 11 is 0. The maximum absolute atomic E-state index is 13.7. The molecular formula is C23H27FN2O5. The smallest absolute Gasteiger partial charge is 0.354 e. The number of aromatic nitrogens is 1. The molecule has 0 N–H and O–H groups in total. The van der Waals surface area contributed by atoms with Gasteiger partial charge < -0.3 is 18.9 Å². The van der Waals surface area contributed by atoms with Crippen LogP contribution in [0.1, 0.15) is 55.3 Å². The van der Waals surface area contributed by atoms with Gasteiger partial charge in [0, 0.05) is 37.0 Å². The quantitative estimate of drug-likeness (QED) is 0.498. The molecule has 2 heterocycles. The fraction of sp³-hybridized carbons (Fsp3) is 0.435. The zero-order chi connectivity index (χ0) is 22.7. The maximum atomic E-state index is 13.7. The van der Waals surface area contributed by atoms with Crippen LogP contribution < -0.4 is 0 Å². The normalized spacial score (nSPS) is 15.7. The molecule has 0 radical (unpaired) electrons. The molecule has 0 saturated carbocycles. The summed E-state index contributed by atoms with van der Waals surface area (Å²) < 4.78 is 25.8. The Morgan fingerprint density at radius 3 is 2.65 bits per heavy atom. The van der Waals surface area contributed by atoms with Crippen molar-refractivity contribution in [3.63, 3.8) is 0 Å². The van der Waals surface area contributed by atoms with E-state index in [1.165, 1.54) is 30.2 Å². The number of amides is 1. The van der Waals surface area contributed by atoms with E-state index < -0.39 is 17.7 Å². The Morgan fingerprint density at radius 2 is 2.03 bits per heavy atom. The van der Waals surface area contributed by atoms with Crippen molar-refractivity contribution in [2.45, 2.75) is 32.8 Å². The Morgan fingerprint density at radius 1 is 1.29 bits per heavy atom. The van der Waals surface area contributed by atoms with E-state index in [0.717, 1.165) is 18.9 Å². The second-order valence-corrected chi connectivity index (χ2v) is 7.74. The number of Topliss-reactive ketones (excluding diaryl/α,β-unsaturated/α-hetero) is 1. The fourth-order valence-corrected chi connectivity index (χ4v) is 4.08. The van der Waals surface area contributed by atoms with Gasteiger partial charge in [-0.15, -0.1) is 0 Å². The molecule has 1 aromatic heterocycles. The number of carbonyl (C=O) groups excluding carboxylic acids is 3. The Labute approximate surface area is 180 Å². The molecule has 1 aromatic carbocycles. The van der Waals surface area contributed by atoms with Gasteiger partial charge in [-0.05, 0) is 50.5 Å². The first-order valence-corrected chi connectivity index (χ1v) is 10.2. The van der Waals surface area contributed by atoms with E-state index >= 15 is 0 Å². The first-order chi connectivity index (χ1) is 14.7. The maximum Gasteiger partial charge on any atom is 0.354 e. The molecule has 1 atom stereocenters. The van der Waals surface area contributed by atoms with Crippen molar-refractivity contribution in [2.24, 2.45) is 7.05 Å². The molecule has 1 amide bonds. The molecule has 8 heteroatoms. The van der Waals surface area contributed by atoms with E-state index in [-0.39, 0.29) is 30.5 Å². The molecular weight excluding hydrogens is 403 g/mol. The van der Waals surface area contributed by atoms with Crippen molar-refractivity contribution in [1.82, 2.24) is 9.47 Å². The van der Waals surface area contributed by atoms with Crippen LogP contribution in [0.4, 0.5) is 4.39 Å². The number of ether oxygens (including phenoxy) is 2. The molecule has 0 bridgehead atoms. The van der Waals surface area contributed by atoms with Crippen LogP contribution in [0.15, 0.2) is 24.3 Å². The SMILES string of the molecule is COC(=O)c1c(C)c(C(=O)CN(CC2CCCO2)C(=O)c2cccc(F)c2)c(C)n1C. The minimum Gasteiger partial charge on any atom is -0.464 e. The predicted octanol–water partition coefficient (Wildman–Crippen LogP) is 3.07. The number of nitrogens with zero attached hydrogens (tertiary/aromatic N) is 2. The molecule has 7 nitrogen and oxygen atoms in total. The number of ketones is 1. The largest absolute Gasteiger partial charge is 0.464 e. The van der Waals surface area contributed by atoms with Gasteiger partial charge in [-0.2, -0.15) is 0 Å². The van der Waals surface area contributed by atoms with Crippen LogP contribution in [0.3, 0.4) is 0 Å². The molecule has 0 spiro atoms. The zero-order valence-electron chi connectivity index (χ0n) is 18.2. The molecule has 2 aromatic rings. The highest BCUT2D eigenvalue weighted by Crippen LogP contribution is 2.24. The molecule has 1 aliphatic heterocycles. The van der Waals surface area contributed by atoms with Gasteiger partial charge in [0.25, 0.3) is 5.91 Å². The summed E-state index contributed by atoms with van der Waals surface area (Å²) in [7, 11) is 2.97. The number of halogens is 1. The zero-order valence-corrected chi connectivity index (χ0v) is 18.2. The minimum absolute atomic E-state index is 0.169. The molecule has 31 heavy (non-hydrogen) atoms. The highest BCUT2D eigenvalue weighted by Gasteiger charge is 2.30. The number of benzene rings is 1. The number of methoxy groups -OCH3 is 1. The van der Waals surface area contributed by atoms with E-state index in [2.05, 4.69) is 0 Å². The van der Waals surface area contributed by atoms with Crippen molar-refractivity contribution in [1.29, 1.82) is 0 Å². The van der Waals surface area contributed by atoms with E-state index in [1.54, 1.807) is 25.5 Å². The van der Waals surface area contributed by atoms with Gasteiger partial charge >= 0.3 is 5.97 Å². The van der Waals surface area contributed by atoms with Crippen LogP contribution in [0, 0.1) is 19.7 Å². The molecule has 0 aliphatic carbocycles. The summed E-state index contributed by atoms with van der Waals surface area (Å²) in [6.07, 6.45) is 1.51. The summed E-state index contributed by atoms with van der Waals surface area (Å²) in [6.45, 7) is 4.06. The third-order valence-corrected chi connectivity index (χ3v) is 5.73. The number of carbonyl (C=O) groups is 3. The fourth-order valence-electron chi connectivity index (χ4n) is 4.08. The van der Waals surface area contributed by atoms with Crippen molar-refractivity contribution in [3.8, 4) is 0 Å². The number of hydrogen-bond acceptors (Lipinski definition) is 5. The van der Waals surface area contributed by atoms with Crippen LogP contribution in [0.5, 0.6) is 0 Å². The van der Waals surface area contributed by atoms with Crippen LogP contribution >= 0.6 is 0 Å². The van der Waals surface area contributed by atoms with E-state index in [9.17, 15) is 18.8 Å². The molecule has 3 rings (SSSR count). The molecule has 166 valence electrons. The Balaban J connectivity index is 1.91. The van der Waals surface area contributed by atoms with Gasteiger partial charge in [-0.25, -0.2) is 9.18 Å². The Hall–Kier alpha value is -3.00. The van der Waals surface area contributed by atoms with Crippen molar-refractivity contribution in [2.75, 3.05) is 26.8 Å². The van der Waals surface area contributed by atoms with Gasteiger partial charge in [-0.1, -0.05) is 6.07 Å². The third kappa shape index (κ3) is 4.69. The van der Waals surface area contributed by atoms with Crippen molar-refractivity contribution < 1.29 is 28.2 Å². The first-order valence-electron chi connectivity index (χ1n) is 10.2. The lowest BCUT2D eigenvalue weighted by atomic mass is 10.0. The van der Waals surface area contributed by atoms with E-state index in [0.29, 0.717) is 29.1 Å². The Kier molecular flexibility index (Phi) is 6.90.